The van der Waals surface area contributed by atoms with Crippen molar-refractivity contribution in [2.75, 3.05) is 11.4 Å². The highest BCUT2D eigenvalue weighted by Crippen LogP contribution is 2.22. The Morgan fingerprint density at radius 2 is 1.95 bits per heavy atom. The van der Waals surface area contributed by atoms with Gasteiger partial charge in [0.25, 0.3) is 5.91 Å². The predicted molar refractivity (Wildman–Crippen MR) is 82.2 cm³/mol. The fraction of sp³-hybridized carbons (Fsp3) is 0.235. The van der Waals surface area contributed by atoms with Gasteiger partial charge in [0, 0.05) is 24.0 Å². The molecule has 106 valence electrons. The lowest BCUT2D eigenvalue weighted by molar-refractivity contribution is 0.0988. The van der Waals surface area contributed by atoms with E-state index in [1.165, 1.54) is 6.20 Å². The lowest BCUT2D eigenvalue weighted by atomic mass is 10.1. The molecule has 4 nitrogen and oxygen atoms in total. The first kappa shape index (κ1) is 14.7. The number of hydrogen-bond acceptors (Lipinski definition) is 3. The van der Waals surface area contributed by atoms with Gasteiger partial charge in [-0.3, -0.25) is 9.78 Å². The van der Waals surface area contributed by atoms with Crippen LogP contribution in [-0.2, 0) is 0 Å². The molecule has 0 bridgehead atoms. The third kappa shape index (κ3) is 3.09. The highest BCUT2D eigenvalue weighted by Gasteiger charge is 2.19. The van der Waals surface area contributed by atoms with Crippen molar-refractivity contribution in [2.24, 2.45) is 0 Å². The van der Waals surface area contributed by atoms with Gasteiger partial charge >= 0.3 is 0 Å². The van der Waals surface area contributed by atoms with E-state index in [0.717, 1.165) is 11.3 Å². The normalized spacial score (nSPS) is 10.0. The Labute approximate surface area is 124 Å². The van der Waals surface area contributed by atoms with E-state index in [9.17, 15) is 10.1 Å². The first-order valence-electron chi connectivity index (χ1n) is 6.82. The molecule has 0 N–H and O–H groups in total. The number of pyridine rings is 1. The molecule has 1 heterocycles. The van der Waals surface area contributed by atoms with Crippen molar-refractivity contribution < 1.29 is 4.79 Å². The minimum absolute atomic E-state index is 0.111. The standard InChI is InChI=1S/C17H17N3O/c1-4-20(16-9-13(3)19-11-15(16)10-18)17(21)14-7-5-12(2)6-8-14/h5-9,11H,4H2,1-3H3. The van der Waals surface area contributed by atoms with Crippen LogP contribution >= 0.6 is 0 Å². The lowest BCUT2D eigenvalue weighted by Crippen LogP contribution is -2.31. The summed E-state index contributed by atoms with van der Waals surface area (Å²) in [6.07, 6.45) is 1.51. The third-order valence-corrected chi connectivity index (χ3v) is 3.29. The maximum Gasteiger partial charge on any atom is 0.258 e. The molecule has 0 aliphatic heterocycles. The van der Waals surface area contributed by atoms with Gasteiger partial charge < -0.3 is 4.90 Å². The molecular weight excluding hydrogens is 262 g/mol. The fourth-order valence-electron chi connectivity index (χ4n) is 2.13. The zero-order chi connectivity index (χ0) is 15.4. The second-order valence-electron chi connectivity index (χ2n) is 4.87. The molecule has 0 aliphatic carbocycles. The molecule has 0 unspecified atom stereocenters. The molecule has 1 aromatic heterocycles. The van der Waals surface area contributed by atoms with Crippen LogP contribution in [0.4, 0.5) is 5.69 Å². The summed E-state index contributed by atoms with van der Waals surface area (Å²) in [4.78, 5) is 18.4. The van der Waals surface area contributed by atoms with Crippen LogP contribution in [0.5, 0.6) is 0 Å². The van der Waals surface area contributed by atoms with Crippen LogP contribution in [-0.4, -0.2) is 17.4 Å². The fourth-order valence-corrected chi connectivity index (χ4v) is 2.13. The van der Waals surface area contributed by atoms with Crippen molar-refractivity contribution in [3.8, 4) is 6.07 Å². The lowest BCUT2D eigenvalue weighted by Gasteiger charge is -2.22. The minimum atomic E-state index is -0.111. The second kappa shape index (κ2) is 6.19. The van der Waals surface area contributed by atoms with E-state index in [2.05, 4.69) is 11.1 Å². The van der Waals surface area contributed by atoms with Crippen molar-refractivity contribution in [1.29, 1.82) is 5.26 Å². The zero-order valence-electron chi connectivity index (χ0n) is 12.4. The number of carbonyl (C=O) groups excluding carboxylic acids is 1. The van der Waals surface area contributed by atoms with Crippen molar-refractivity contribution >= 4 is 11.6 Å². The zero-order valence-corrected chi connectivity index (χ0v) is 12.4. The molecule has 1 aromatic carbocycles. The van der Waals surface area contributed by atoms with Gasteiger partial charge in [-0.15, -0.1) is 0 Å². The summed E-state index contributed by atoms with van der Waals surface area (Å²) in [6, 6.07) is 11.3. The summed E-state index contributed by atoms with van der Waals surface area (Å²) in [6.45, 7) is 6.20. The molecule has 0 fully saturated rings. The minimum Gasteiger partial charge on any atom is -0.307 e. The van der Waals surface area contributed by atoms with E-state index in [4.69, 9.17) is 0 Å². The Morgan fingerprint density at radius 3 is 2.52 bits per heavy atom. The van der Waals surface area contributed by atoms with Crippen LogP contribution in [0, 0.1) is 25.2 Å². The van der Waals surface area contributed by atoms with Gasteiger partial charge in [-0.25, -0.2) is 0 Å². The number of rotatable bonds is 3. The molecule has 2 aromatic rings. The van der Waals surface area contributed by atoms with E-state index in [1.807, 2.05) is 32.9 Å². The quantitative estimate of drug-likeness (QED) is 0.866. The number of hydrogen-bond donors (Lipinski definition) is 0. The van der Waals surface area contributed by atoms with Gasteiger partial charge in [0.2, 0.25) is 0 Å². The summed E-state index contributed by atoms with van der Waals surface area (Å²) < 4.78 is 0. The number of nitrogens with zero attached hydrogens (tertiary/aromatic N) is 3. The molecule has 0 saturated heterocycles. The Kier molecular flexibility index (Phi) is 4.34. The van der Waals surface area contributed by atoms with Gasteiger partial charge in [-0.1, -0.05) is 17.7 Å². The van der Waals surface area contributed by atoms with E-state index < -0.39 is 0 Å². The Hall–Kier alpha value is -2.67. The maximum atomic E-state index is 12.7. The topological polar surface area (TPSA) is 57.0 Å². The van der Waals surface area contributed by atoms with Gasteiger partial charge in [0.05, 0.1) is 11.3 Å². The van der Waals surface area contributed by atoms with Crippen LogP contribution < -0.4 is 4.90 Å². The van der Waals surface area contributed by atoms with E-state index in [1.54, 1.807) is 23.1 Å². The third-order valence-electron chi connectivity index (χ3n) is 3.29. The van der Waals surface area contributed by atoms with Crippen molar-refractivity contribution in [2.45, 2.75) is 20.8 Å². The van der Waals surface area contributed by atoms with Crippen LogP contribution in [0.15, 0.2) is 36.5 Å². The molecule has 21 heavy (non-hydrogen) atoms. The SMILES string of the molecule is CCN(C(=O)c1ccc(C)cc1)c1cc(C)ncc1C#N. The highest BCUT2D eigenvalue weighted by atomic mass is 16.2. The van der Waals surface area contributed by atoms with E-state index in [0.29, 0.717) is 23.4 Å². The molecular formula is C17H17N3O. The summed E-state index contributed by atoms with van der Waals surface area (Å²) in [7, 11) is 0. The van der Waals surface area contributed by atoms with Crippen LogP contribution in [0.3, 0.4) is 0 Å². The summed E-state index contributed by atoms with van der Waals surface area (Å²) >= 11 is 0. The van der Waals surface area contributed by atoms with Crippen LogP contribution in [0.2, 0.25) is 0 Å². The van der Waals surface area contributed by atoms with Crippen LogP contribution in [0.1, 0.15) is 34.1 Å². The predicted octanol–water partition coefficient (Wildman–Crippen LogP) is 3.24. The molecule has 0 saturated carbocycles. The number of benzene rings is 1. The number of anilines is 1. The Morgan fingerprint density at radius 1 is 1.29 bits per heavy atom. The van der Waals surface area contributed by atoms with E-state index in [-0.39, 0.29) is 5.91 Å². The molecule has 0 radical (unpaired) electrons. The number of aryl methyl sites for hydroxylation is 2. The number of carbonyl (C=O) groups is 1. The number of amides is 1. The number of nitriles is 1. The Bertz CT molecular complexity index is 699. The van der Waals surface area contributed by atoms with Crippen molar-refractivity contribution in [3.05, 3.63) is 58.9 Å². The molecule has 0 aliphatic rings. The first-order chi connectivity index (χ1) is 10.1. The second-order valence-corrected chi connectivity index (χ2v) is 4.87. The highest BCUT2D eigenvalue weighted by molar-refractivity contribution is 6.06. The van der Waals surface area contributed by atoms with Crippen molar-refractivity contribution in [1.82, 2.24) is 4.98 Å². The summed E-state index contributed by atoms with van der Waals surface area (Å²) in [5, 5.41) is 9.21. The van der Waals surface area contributed by atoms with Crippen LogP contribution in [0.25, 0.3) is 0 Å². The first-order valence-corrected chi connectivity index (χ1v) is 6.82. The molecule has 2 rings (SSSR count). The Balaban J connectivity index is 2.44. The molecule has 4 heteroatoms. The van der Waals surface area contributed by atoms with E-state index >= 15 is 0 Å². The molecule has 0 spiro atoms. The van der Waals surface area contributed by atoms with Gasteiger partial charge in [0.1, 0.15) is 6.07 Å². The molecule has 0 atom stereocenters. The average molecular weight is 279 g/mol. The van der Waals surface area contributed by atoms with Crippen molar-refractivity contribution in [3.63, 3.8) is 0 Å². The monoisotopic (exact) mass is 279 g/mol. The summed E-state index contributed by atoms with van der Waals surface area (Å²) in [5.41, 5.74) is 3.51. The largest absolute Gasteiger partial charge is 0.307 e. The smallest absolute Gasteiger partial charge is 0.258 e. The molecule has 1 amide bonds. The van der Waals surface area contributed by atoms with Gasteiger partial charge in [-0.2, -0.15) is 5.26 Å². The number of aromatic nitrogens is 1. The average Bonchev–Trinajstić information content (AvgIpc) is 2.49. The van der Waals surface area contributed by atoms with Gasteiger partial charge in [0.15, 0.2) is 0 Å². The maximum absolute atomic E-state index is 12.7. The van der Waals surface area contributed by atoms with Gasteiger partial charge in [-0.05, 0) is 39.0 Å². The summed E-state index contributed by atoms with van der Waals surface area (Å²) in [5.74, 6) is -0.111.